The lowest BCUT2D eigenvalue weighted by molar-refractivity contribution is -0.116. The molecular weight excluding hydrogens is 456 g/mol. The van der Waals surface area contributed by atoms with Crippen LogP contribution in [0.1, 0.15) is 48.2 Å². The zero-order valence-electron chi connectivity index (χ0n) is 21.4. The maximum absolute atomic E-state index is 12.7. The highest BCUT2D eigenvalue weighted by molar-refractivity contribution is 6.05. The molecule has 0 aromatic heterocycles. The van der Waals surface area contributed by atoms with Gasteiger partial charge in [-0.15, -0.1) is 0 Å². The van der Waals surface area contributed by atoms with E-state index in [1.807, 2.05) is 52.0 Å². The second kappa shape index (κ2) is 13.2. The smallest absolute Gasteiger partial charge is 0.255 e. The van der Waals surface area contributed by atoms with Gasteiger partial charge in [-0.25, -0.2) is 0 Å². The van der Waals surface area contributed by atoms with Crippen molar-refractivity contribution >= 4 is 23.2 Å². The van der Waals surface area contributed by atoms with Crippen molar-refractivity contribution in [2.24, 2.45) is 0 Å². The number of hydrogen-bond donors (Lipinski definition) is 2. The zero-order chi connectivity index (χ0) is 25.9. The van der Waals surface area contributed by atoms with E-state index in [0.29, 0.717) is 54.7 Å². The van der Waals surface area contributed by atoms with Gasteiger partial charge >= 0.3 is 0 Å². The van der Waals surface area contributed by atoms with Gasteiger partial charge in [0.1, 0.15) is 17.2 Å². The van der Waals surface area contributed by atoms with E-state index in [-0.39, 0.29) is 18.2 Å². The second-order valence-corrected chi connectivity index (χ2v) is 8.23. The van der Waals surface area contributed by atoms with E-state index in [1.165, 1.54) is 5.56 Å². The maximum Gasteiger partial charge on any atom is 0.255 e. The summed E-state index contributed by atoms with van der Waals surface area (Å²) >= 11 is 0. The summed E-state index contributed by atoms with van der Waals surface area (Å²) in [7, 11) is 0. The standard InChI is InChI=1S/C29H34N2O5/c1-5-34-26-19-24(31-29(33)22-13-8-7-9-14-22)27(35-6-2)18-23(26)30-28(32)16-11-17-36-25-15-10-12-20(3)21(25)4/h7-10,12-15,18-19H,5-6,11,16-17H2,1-4H3,(H,30,32)(H,31,33). The van der Waals surface area contributed by atoms with E-state index in [1.54, 1.807) is 36.4 Å². The van der Waals surface area contributed by atoms with E-state index in [9.17, 15) is 9.59 Å². The summed E-state index contributed by atoms with van der Waals surface area (Å²) in [5, 5.41) is 5.80. The summed E-state index contributed by atoms with van der Waals surface area (Å²) in [6, 6.07) is 18.2. The molecule has 7 nitrogen and oxygen atoms in total. The fourth-order valence-corrected chi connectivity index (χ4v) is 3.60. The lowest BCUT2D eigenvalue weighted by Crippen LogP contribution is -2.16. The molecule has 0 aliphatic heterocycles. The number of benzene rings is 3. The first-order valence-electron chi connectivity index (χ1n) is 12.2. The first-order chi connectivity index (χ1) is 17.4. The average Bonchev–Trinajstić information content (AvgIpc) is 2.87. The fraction of sp³-hybridized carbons (Fsp3) is 0.310. The van der Waals surface area contributed by atoms with Gasteiger partial charge < -0.3 is 24.8 Å². The summed E-state index contributed by atoms with van der Waals surface area (Å²) < 4.78 is 17.4. The van der Waals surface area contributed by atoms with Crippen LogP contribution in [0.4, 0.5) is 11.4 Å². The number of carbonyl (C=O) groups excluding carboxylic acids is 2. The van der Waals surface area contributed by atoms with E-state index in [2.05, 4.69) is 10.6 Å². The van der Waals surface area contributed by atoms with Crippen LogP contribution in [-0.4, -0.2) is 31.6 Å². The summed E-state index contributed by atoms with van der Waals surface area (Å²) in [5.41, 5.74) is 3.75. The van der Waals surface area contributed by atoms with Gasteiger partial charge in [-0.2, -0.15) is 0 Å². The molecule has 0 atom stereocenters. The lowest BCUT2D eigenvalue weighted by Gasteiger charge is -2.18. The SMILES string of the molecule is CCOc1cc(NC(=O)c2ccccc2)c(OCC)cc1NC(=O)CCCOc1cccc(C)c1C. The van der Waals surface area contributed by atoms with Crippen LogP contribution in [0.25, 0.3) is 0 Å². The molecule has 0 saturated carbocycles. The van der Waals surface area contributed by atoms with Crippen LogP contribution in [0.3, 0.4) is 0 Å². The van der Waals surface area contributed by atoms with Gasteiger partial charge in [-0.05, 0) is 63.4 Å². The van der Waals surface area contributed by atoms with Gasteiger partial charge in [-0.1, -0.05) is 30.3 Å². The third kappa shape index (κ3) is 7.25. The molecule has 0 aliphatic carbocycles. The number of ether oxygens (including phenoxy) is 3. The molecule has 0 heterocycles. The number of hydrogen-bond acceptors (Lipinski definition) is 5. The molecule has 0 fully saturated rings. The van der Waals surface area contributed by atoms with Crippen molar-refractivity contribution in [2.75, 3.05) is 30.5 Å². The molecule has 190 valence electrons. The quantitative estimate of drug-likeness (QED) is 0.297. The molecular formula is C29H34N2O5. The number of anilines is 2. The lowest BCUT2D eigenvalue weighted by atomic mass is 10.1. The van der Waals surface area contributed by atoms with Crippen LogP contribution in [0.2, 0.25) is 0 Å². The van der Waals surface area contributed by atoms with Gasteiger partial charge in [0.2, 0.25) is 5.91 Å². The Morgan fingerprint density at radius 3 is 2.03 bits per heavy atom. The molecule has 3 aromatic rings. The minimum Gasteiger partial charge on any atom is -0.493 e. The van der Waals surface area contributed by atoms with Crippen molar-refractivity contribution < 1.29 is 23.8 Å². The number of carbonyl (C=O) groups is 2. The zero-order valence-corrected chi connectivity index (χ0v) is 21.4. The first-order valence-corrected chi connectivity index (χ1v) is 12.2. The van der Waals surface area contributed by atoms with Crippen molar-refractivity contribution in [1.82, 2.24) is 0 Å². The van der Waals surface area contributed by atoms with Crippen molar-refractivity contribution in [3.8, 4) is 17.2 Å². The highest BCUT2D eigenvalue weighted by Crippen LogP contribution is 2.37. The van der Waals surface area contributed by atoms with Crippen molar-refractivity contribution in [3.05, 3.63) is 77.4 Å². The van der Waals surface area contributed by atoms with E-state index in [0.717, 1.165) is 11.3 Å². The Bertz CT molecular complexity index is 1180. The van der Waals surface area contributed by atoms with Gasteiger partial charge in [0.15, 0.2) is 0 Å². The van der Waals surface area contributed by atoms with Crippen LogP contribution < -0.4 is 24.8 Å². The molecule has 0 aliphatic rings. The summed E-state index contributed by atoms with van der Waals surface area (Å²) in [5.74, 6) is 1.30. The fourth-order valence-electron chi connectivity index (χ4n) is 3.60. The Labute approximate surface area is 212 Å². The van der Waals surface area contributed by atoms with Gasteiger partial charge in [0.25, 0.3) is 5.91 Å². The number of amides is 2. The molecule has 3 aromatic carbocycles. The Morgan fingerprint density at radius 2 is 1.39 bits per heavy atom. The third-order valence-corrected chi connectivity index (χ3v) is 5.60. The normalized spacial score (nSPS) is 10.4. The van der Waals surface area contributed by atoms with E-state index < -0.39 is 0 Å². The summed E-state index contributed by atoms with van der Waals surface area (Å²) in [6.45, 7) is 9.00. The highest BCUT2D eigenvalue weighted by atomic mass is 16.5. The Balaban J connectivity index is 1.67. The van der Waals surface area contributed by atoms with Crippen LogP contribution in [0.5, 0.6) is 17.2 Å². The number of rotatable bonds is 12. The third-order valence-electron chi connectivity index (χ3n) is 5.60. The van der Waals surface area contributed by atoms with E-state index in [4.69, 9.17) is 14.2 Å². The number of nitrogens with one attached hydrogen (secondary N) is 2. The molecule has 0 unspecified atom stereocenters. The maximum atomic E-state index is 12.7. The molecule has 0 saturated heterocycles. The van der Waals surface area contributed by atoms with Crippen molar-refractivity contribution in [1.29, 1.82) is 0 Å². The molecule has 36 heavy (non-hydrogen) atoms. The topological polar surface area (TPSA) is 85.9 Å². The molecule has 7 heteroatoms. The second-order valence-electron chi connectivity index (χ2n) is 8.23. The minimum atomic E-state index is -0.264. The van der Waals surface area contributed by atoms with Crippen LogP contribution in [0, 0.1) is 13.8 Å². The summed E-state index contributed by atoms with van der Waals surface area (Å²) in [4.78, 5) is 25.4. The molecule has 0 spiro atoms. The average molecular weight is 491 g/mol. The van der Waals surface area contributed by atoms with Gasteiger partial charge in [0.05, 0.1) is 31.2 Å². The first kappa shape index (κ1) is 26.6. The van der Waals surface area contributed by atoms with Crippen LogP contribution >= 0.6 is 0 Å². The molecule has 2 amide bonds. The van der Waals surface area contributed by atoms with Gasteiger partial charge in [-0.3, -0.25) is 9.59 Å². The largest absolute Gasteiger partial charge is 0.493 e. The number of aryl methyl sites for hydroxylation is 1. The predicted octanol–water partition coefficient (Wildman–Crippen LogP) is 6.15. The molecule has 0 bridgehead atoms. The Kier molecular flexibility index (Phi) is 9.74. The predicted molar refractivity (Wildman–Crippen MR) is 142 cm³/mol. The Hall–Kier alpha value is -4.00. The van der Waals surface area contributed by atoms with Crippen LogP contribution in [-0.2, 0) is 4.79 Å². The molecule has 0 radical (unpaired) electrons. The van der Waals surface area contributed by atoms with Crippen molar-refractivity contribution in [3.63, 3.8) is 0 Å². The minimum absolute atomic E-state index is 0.163. The molecule has 2 N–H and O–H groups in total. The Morgan fingerprint density at radius 1 is 0.750 bits per heavy atom. The highest BCUT2D eigenvalue weighted by Gasteiger charge is 2.17. The van der Waals surface area contributed by atoms with E-state index >= 15 is 0 Å². The monoisotopic (exact) mass is 490 g/mol. The van der Waals surface area contributed by atoms with Gasteiger partial charge in [0, 0.05) is 24.1 Å². The van der Waals surface area contributed by atoms with Crippen LogP contribution in [0.15, 0.2) is 60.7 Å². The van der Waals surface area contributed by atoms with Crippen molar-refractivity contribution in [2.45, 2.75) is 40.5 Å². The molecule has 3 rings (SSSR count). The summed E-state index contributed by atoms with van der Waals surface area (Å²) in [6.07, 6.45) is 0.847.